The van der Waals surface area contributed by atoms with Gasteiger partial charge in [-0.2, -0.15) is 4.31 Å². The van der Waals surface area contributed by atoms with Crippen molar-refractivity contribution in [3.63, 3.8) is 0 Å². The van der Waals surface area contributed by atoms with Crippen LogP contribution in [0.3, 0.4) is 0 Å². The van der Waals surface area contributed by atoms with Gasteiger partial charge in [-0.05, 0) is 38.3 Å². The van der Waals surface area contributed by atoms with E-state index in [2.05, 4.69) is 5.32 Å². The maximum absolute atomic E-state index is 12.7. The Morgan fingerprint density at radius 2 is 2.00 bits per heavy atom. The summed E-state index contributed by atoms with van der Waals surface area (Å²) in [5, 5.41) is 2.86. The number of amides is 1. The minimum atomic E-state index is -3.51. The molecule has 1 aromatic carbocycles. The molecule has 5 nitrogen and oxygen atoms in total. The molecule has 1 atom stereocenters. The van der Waals surface area contributed by atoms with E-state index in [-0.39, 0.29) is 18.4 Å². The molecular formula is C16H24N2O3S. The molecule has 0 aliphatic carbocycles. The quantitative estimate of drug-likeness (QED) is 0.900. The van der Waals surface area contributed by atoms with Crippen LogP contribution in [0.2, 0.25) is 0 Å². The molecule has 1 unspecified atom stereocenters. The first-order valence-corrected chi connectivity index (χ1v) is 9.23. The fraction of sp³-hybridized carbons (Fsp3) is 0.562. The van der Waals surface area contributed by atoms with Crippen molar-refractivity contribution in [3.05, 3.63) is 29.8 Å². The molecule has 1 aromatic rings. The number of sulfonamides is 1. The highest BCUT2D eigenvalue weighted by Crippen LogP contribution is 2.24. The summed E-state index contributed by atoms with van der Waals surface area (Å²) in [5.41, 5.74) is 1.02. The maximum atomic E-state index is 12.7. The minimum absolute atomic E-state index is 0.0364. The zero-order valence-corrected chi connectivity index (χ0v) is 14.0. The average Bonchev–Trinajstić information content (AvgIpc) is 2.53. The van der Waals surface area contributed by atoms with Gasteiger partial charge in [-0.1, -0.05) is 24.6 Å². The van der Waals surface area contributed by atoms with E-state index in [0.29, 0.717) is 18.0 Å². The molecular weight excluding hydrogens is 300 g/mol. The standard InChI is InChI=1S/C16H24N2O3S/c1-3-10-17-16(19)14-5-4-11-18(12-14)22(20,21)15-8-6-13(2)7-9-15/h6-9,14H,3-5,10-12H2,1-2H3,(H,17,19). The molecule has 22 heavy (non-hydrogen) atoms. The highest BCUT2D eigenvalue weighted by Gasteiger charge is 2.33. The molecule has 1 amide bonds. The van der Waals surface area contributed by atoms with E-state index in [0.717, 1.165) is 24.8 Å². The maximum Gasteiger partial charge on any atom is 0.243 e. The third kappa shape index (κ3) is 3.87. The van der Waals surface area contributed by atoms with Crippen molar-refractivity contribution in [2.75, 3.05) is 19.6 Å². The van der Waals surface area contributed by atoms with Crippen LogP contribution in [0, 0.1) is 12.8 Å². The number of nitrogens with one attached hydrogen (secondary N) is 1. The monoisotopic (exact) mass is 324 g/mol. The first kappa shape index (κ1) is 17.0. The molecule has 6 heteroatoms. The van der Waals surface area contributed by atoms with Gasteiger partial charge in [0.1, 0.15) is 0 Å². The SMILES string of the molecule is CCCNC(=O)C1CCCN(S(=O)(=O)c2ccc(C)cc2)C1. The van der Waals surface area contributed by atoms with Crippen molar-refractivity contribution in [1.82, 2.24) is 9.62 Å². The molecule has 1 aliphatic rings. The summed E-state index contributed by atoms with van der Waals surface area (Å²) < 4.78 is 26.8. The Morgan fingerprint density at radius 1 is 1.32 bits per heavy atom. The van der Waals surface area contributed by atoms with Gasteiger partial charge in [0.15, 0.2) is 0 Å². The molecule has 122 valence electrons. The average molecular weight is 324 g/mol. The van der Waals surface area contributed by atoms with Crippen LogP contribution in [-0.4, -0.2) is 38.3 Å². The van der Waals surface area contributed by atoms with Crippen molar-refractivity contribution >= 4 is 15.9 Å². The molecule has 2 rings (SSSR count). The molecule has 0 saturated carbocycles. The van der Waals surface area contributed by atoms with Gasteiger partial charge < -0.3 is 5.32 Å². The number of hydrogen-bond acceptors (Lipinski definition) is 3. The predicted octanol–water partition coefficient (Wildman–Crippen LogP) is 1.92. The van der Waals surface area contributed by atoms with Crippen LogP contribution in [0.5, 0.6) is 0 Å². The zero-order chi connectivity index (χ0) is 16.2. The number of hydrogen-bond donors (Lipinski definition) is 1. The molecule has 0 bridgehead atoms. The lowest BCUT2D eigenvalue weighted by molar-refractivity contribution is -0.126. The highest BCUT2D eigenvalue weighted by atomic mass is 32.2. The third-order valence-electron chi connectivity index (χ3n) is 3.96. The summed E-state index contributed by atoms with van der Waals surface area (Å²) in [6.07, 6.45) is 2.34. The van der Waals surface area contributed by atoms with Gasteiger partial charge in [-0.3, -0.25) is 4.79 Å². The summed E-state index contributed by atoms with van der Waals surface area (Å²) in [6.45, 7) is 5.31. The fourth-order valence-corrected chi connectivity index (χ4v) is 4.15. The number of rotatable bonds is 5. The second kappa shape index (κ2) is 7.24. The molecule has 1 aliphatic heterocycles. The van der Waals surface area contributed by atoms with E-state index >= 15 is 0 Å². The second-order valence-corrected chi connectivity index (χ2v) is 7.74. The normalized spacial score (nSPS) is 19.8. The minimum Gasteiger partial charge on any atom is -0.356 e. The number of aryl methyl sites for hydroxylation is 1. The van der Waals surface area contributed by atoms with Crippen LogP contribution in [0.4, 0.5) is 0 Å². The number of benzene rings is 1. The highest BCUT2D eigenvalue weighted by molar-refractivity contribution is 7.89. The molecule has 1 heterocycles. The lowest BCUT2D eigenvalue weighted by Crippen LogP contribution is -2.45. The fourth-order valence-electron chi connectivity index (χ4n) is 2.63. The lowest BCUT2D eigenvalue weighted by atomic mass is 9.99. The summed E-state index contributed by atoms with van der Waals surface area (Å²) in [7, 11) is -3.51. The Bertz CT molecular complexity index is 611. The first-order chi connectivity index (χ1) is 10.4. The van der Waals surface area contributed by atoms with E-state index in [1.165, 1.54) is 4.31 Å². The van der Waals surface area contributed by atoms with E-state index in [4.69, 9.17) is 0 Å². The molecule has 0 radical (unpaired) electrons. The molecule has 0 aromatic heterocycles. The van der Waals surface area contributed by atoms with Gasteiger partial charge in [-0.25, -0.2) is 8.42 Å². The predicted molar refractivity (Wildman–Crippen MR) is 86.0 cm³/mol. The smallest absolute Gasteiger partial charge is 0.243 e. The lowest BCUT2D eigenvalue weighted by Gasteiger charge is -2.31. The molecule has 1 fully saturated rings. The van der Waals surface area contributed by atoms with Crippen LogP contribution in [0.15, 0.2) is 29.2 Å². The summed E-state index contributed by atoms with van der Waals surface area (Å²) >= 11 is 0. The number of carbonyl (C=O) groups excluding carboxylic acids is 1. The Balaban J connectivity index is 2.11. The first-order valence-electron chi connectivity index (χ1n) is 7.79. The van der Waals surface area contributed by atoms with Gasteiger partial charge in [0.25, 0.3) is 0 Å². The Labute approximate surface area is 132 Å². The van der Waals surface area contributed by atoms with Crippen molar-refractivity contribution in [2.24, 2.45) is 5.92 Å². The summed E-state index contributed by atoms with van der Waals surface area (Å²) in [6, 6.07) is 6.85. The number of piperidine rings is 1. The van der Waals surface area contributed by atoms with Crippen molar-refractivity contribution in [1.29, 1.82) is 0 Å². The Hall–Kier alpha value is -1.40. The van der Waals surface area contributed by atoms with Crippen LogP contribution in [-0.2, 0) is 14.8 Å². The van der Waals surface area contributed by atoms with Gasteiger partial charge in [0.2, 0.25) is 15.9 Å². The van der Waals surface area contributed by atoms with Gasteiger partial charge >= 0.3 is 0 Å². The van der Waals surface area contributed by atoms with E-state index in [1.807, 2.05) is 13.8 Å². The molecule has 1 saturated heterocycles. The third-order valence-corrected chi connectivity index (χ3v) is 5.84. The topological polar surface area (TPSA) is 66.5 Å². The van der Waals surface area contributed by atoms with Crippen molar-refractivity contribution < 1.29 is 13.2 Å². The second-order valence-electron chi connectivity index (χ2n) is 5.81. The molecule has 1 N–H and O–H groups in total. The van der Waals surface area contributed by atoms with E-state index in [1.54, 1.807) is 24.3 Å². The summed E-state index contributed by atoms with van der Waals surface area (Å²) in [5.74, 6) is -0.286. The number of nitrogens with zero attached hydrogens (tertiary/aromatic N) is 1. The van der Waals surface area contributed by atoms with E-state index in [9.17, 15) is 13.2 Å². The van der Waals surface area contributed by atoms with Crippen molar-refractivity contribution in [3.8, 4) is 0 Å². The van der Waals surface area contributed by atoms with Crippen molar-refractivity contribution in [2.45, 2.75) is 38.0 Å². The Kier molecular flexibility index (Phi) is 5.58. The summed E-state index contributed by atoms with van der Waals surface area (Å²) in [4.78, 5) is 12.4. The van der Waals surface area contributed by atoms with Gasteiger partial charge in [0, 0.05) is 19.6 Å². The van der Waals surface area contributed by atoms with Gasteiger partial charge in [0.05, 0.1) is 10.8 Å². The van der Waals surface area contributed by atoms with Crippen LogP contribution < -0.4 is 5.32 Å². The van der Waals surface area contributed by atoms with E-state index < -0.39 is 10.0 Å². The van der Waals surface area contributed by atoms with Crippen LogP contribution >= 0.6 is 0 Å². The zero-order valence-electron chi connectivity index (χ0n) is 13.2. The van der Waals surface area contributed by atoms with Crippen LogP contribution in [0.1, 0.15) is 31.7 Å². The van der Waals surface area contributed by atoms with Gasteiger partial charge in [-0.15, -0.1) is 0 Å². The molecule has 0 spiro atoms. The Morgan fingerprint density at radius 3 is 2.64 bits per heavy atom. The van der Waals surface area contributed by atoms with Crippen LogP contribution in [0.25, 0.3) is 0 Å². The largest absolute Gasteiger partial charge is 0.356 e. The number of carbonyl (C=O) groups is 1.